The lowest BCUT2D eigenvalue weighted by Crippen LogP contribution is -2.39. The second-order valence-electron chi connectivity index (χ2n) is 5.79. The first-order chi connectivity index (χ1) is 11.8. The van der Waals surface area contributed by atoms with Crippen LogP contribution in [0, 0.1) is 5.92 Å². The predicted octanol–water partition coefficient (Wildman–Crippen LogP) is 2.96. The van der Waals surface area contributed by atoms with Gasteiger partial charge in [-0.1, -0.05) is 44.9 Å². The molecule has 0 aliphatic rings. The van der Waals surface area contributed by atoms with E-state index in [0.29, 0.717) is 12.5 Å². The zero-order valence-corrected chi connectivity index (χ0v) is 14.8. The van der Waals surface area contributed by atoms with E-state index in [-0.39, 0.29) is 0 Å². The van der Waals surface area contributed by atoms with E-state index in [4.69, 9.17) is 4.99 Å². The molecule has 1 aromatic heterocycles. The van der Waals surface area contributed by atoms with Gasteiger partial charge in [0.2, 0.25) is 0 Å². The van der Waals surface area contributed by atoms with Gasteiger partial charge in [-0.25, -0.2) is 9.98 Å². The maximum Gasteiger partial charge on any atom is 0.191 e. The van der Waals surface area contributed by atoms with Gasteiger partial charge in [0.05, 0.1) is 6.54 Å². The average Bonchev–Trinajstić information content (AvgIpc) is 3.15. The molecular weight excluding hydrogens is 300 g/mol. The molecule has 24 heavy (non-hydrogen) atoms. The maximum absolute atomic E-state index is 4.69. The molecule has 2 aromatic rings. The highest BCUT2D eigenvalue weighted by atomic mass is 15.2. The Balaban J connectivity index is 2.01. The Morgan fingerprint density at radius 2 is 2.04 bits per heavy atom. The third-order valence-electron chi connectivity index (χ3n) is 4.09. The van der Waals surface area contributed by atoms with Crippen LogP contribution in [-0.2, 0) is 6.54 Å². The Kier molecular flexibility index (Phi) is 7.26. The van der Waals surface area contributed by atoms with Gasteiger partial charge >= 0.3 is 0 Å². The van der Waals surface area contributed by atoms with Crippen LogP contribution in [0.2, 0.25) is 0 Å². The molecule has 6 heteroatoms. The molecule has 0 unspecified atom stereocenters. The fourth-order valence-electron chi connectivity index (χ4n) is 2.49. The standard InChI is InChI=1S/C18H28N6/c1-4-14(5-2)11-20-18(19-6-3)21-12-15-8-7-9-16(10-15)17-22-13-23-24-17/h7-10,13-14H,4-6,11-12H2,1-3H3,(H2,19,20,21)(H,22,23,24). The molecule has 2 rings (SSSR count). The van der Waals surface area contributed by atoms with Crippen LogP contribution in [0.3, 0.4) is 0 Å². The number of aromatic amines is 1. The van der Waals surface area contributed by atoms with Crippen molar-refractivity contribution in [3.05, 3.63) is 36.2 Å². The van der Waals surface area contributed by atoms with Gasteiger partial charge in [-0.05, 0) is 24.5 Å². The maximum atomic E-state index is 4.69. The molecule has 3 N–H and O–H groups in total. The summed E-state index contributed by atoms with van der Waals surface area (Å²) in [5.74, 6) is 2.33. The van der Waals surface area contributed by atoms with Crippen LogP contribution in [0.25, 0.3) is 11.4 Å². The fourth-order valence-corrected chi connectivity index (χ4v) is 2.49. The number of rotatable bonds is 8. The van der Waals surface area contributed by atoms with Crippen LogP contribution in [0.1, 0.15) is 39.2 Å². The lowest BCUT2D eigenvalue weighted by atomic mass is 10.0. The van der Waals surface area contributed by atoms with Crippen LogP contribution in [-0.4, -0.2) is 34.2 Å². The summed E-state index contributed by atoms with van der Waals surface area (Å²) in [6, 6.07) is 8.21. The van der Waals surface area contributed by atoms with Gasteiger partial charge in [0.1, 0.15) is 6.33 Å². The van der Waals surface area contributed by atoms with E-state index < -0.39 is 0 Å². The molecule has 0 fully saturated rings. The monoisotopic (exact) mass is 328 g/mol. The zero-order valence-electron chi connectivity index (χ0n) is 14.8. The SMILES string of the molecule is CCNC(=NCc1cccc(-c2ncn[nH]2)c1)NCC(CC)CC. The number of nitrogens with one attached hydrogen (secondary N) is 3. The van der Waals surface area contributed by atoms with E-state index in [1.165, 1.54) is 19.2 Å². The van der Waals surface area contributed by atoms with Crippen molar-refractivity contribution in [2.45, 2.75) is 40.2 Å². The summed E-state index contributed by atoms with van der Waals surface area (Å²) in [5, 5.41) is 13.5. The first kappa shape index (κ1) is 18.0. The largest absolute Gasteiger partial charge is 0.357 e. The van der Waals surface area contributed by atoms with E-state index in [9.17, 15) is 0 Å². The number of hydrogen-bond acceptors (Lipinski definition) is 3. The quantitative estimate of drug-likeness (QED) is 0.514. The summed E-state index contributed by atoms with van der Waals surface area (Å²) in [5.41, 5.74) is 2.17. The summed E-state index contributed by atoms with van der Waals surface area (Å²) in [6.07, 6.45) is 3.88. The van der Waals surface area contributed by atoms with E-state index in [1.807, 2.05) is 12.1 Å². The molecule has 1 heterocycles. The van der Waals surface area contributed by atoms with Crippen LogP contribution >= 0.6 is 0 Å². The van der Waals surface area contributed by atoms with E-state index in [1.54, 1.807) is 0 Å². The van der Waals surface area contributed by atoms with Gasteiger partial charge in [-0.3, -0.25) is 5.10 Å². The molecule has 0 aliphatic heterocycles. The highest BCUT2D eigenvalue weighted by Gasteiger charge is 2.05. The van der Waals surface area contributed by atoms with Crippen molar-refractivity contribution in [2.75, 3.05) is 13.1 Å². The molecule has 0 aliphatic carbocycles. The molecule has 0 radical (unpaired) electrons. The minimum absolute atomic E-state index is 0.625. The average molecular weight is 328 g/mol. The third-order valence-corrected chi connectivity index (χ3v) is 4.09. The van der Waals surface area contributed by atoms with E-state index in [0.717, 1.165) is 36.0 Å². The van der Waals surface area contributed by atoms with Gasteiger partial charge < -0.3 is 10.6 Å². The van der Waals surface area contributed by atoms with Crippen LogP contribution < -0.4 is 10.6 Å². The Morgan fingerprint density at radius 1 is 1.21 bits per heavy atom. The second kappa shape index (κ2) is 9.70. The fraction of sp³-hybridized carbons (Fsp3) is 0.500. The van der Waals surface area contributed by atoms with Gasteiger partial charge in [-0.2, -0.15) is 5.10 Å². The van der Waals surface area contributed by atoms with Crippen molar-refractivity contribution in [1.82, 2.24) is 25.8 Å². The molecule has 1 aromatic carbocycles. The number of aromatic nitrogens is 3. The van der Waals surface area contributed by atoms with Crippen LogP contribution in [0.5, 0.6) is 0 Å². The Hall–Kier alpha value is -2.37. The van der Waals surface area contributed by atoms with Crippen molar-refractivity contribution in [2.24, 2.45) is 10.9 Å². The third kappa shape index (κ3) is 5.37. The van der Waals surface area contributed by atoms with E-state index in [2.05, 4.69) is 58.7 Å². The first-order valence-electron chi connectivity index (χ1n) is 8.73. The highest BCUT2D eigenvalue weighted by molar-refractivity contribution is 5.79. The molecule has 6 nitrogen and oxygen atoms in total. The molecular formula is C18H28N6. The molecule has 0 saturated heterocycles. The van der Waals surface area contributed by atoms with Gasteiger partial charge in [0, 0.05) is 18.7 Å². The molecule has 0 saturated carbocycles. The second-order valence-corrected chi connectivity index (χ2v) is 5.79. The Morgan fingerprint density at radius 3 is 2.71 bits per heavy atom. The molecule has 0 spiro atoms. The lowest BCUT2D eigenvalue weighted by Gasteiger charge is -2.16. The number of H-pyrrole nitrogens is 1. The summed E-state index contributed by atoms with van der Waals surface area (Å²) < 4.78 is 0. The minimum atomic E-state index is 0.625. The first-order valence-corrected chi connectivity index (χ1v) is 8.73. The number of hydrogen-bond donors (Lipinski definition) is 3. The molecule has 130 valence electrons. The van der Waals surface area contributed by atoms with Gasteiger partial charge in [-0.15, -0.1) is 0 Å². The summed E-state index contributed by atoms with van der Waals surface area (Å²) in [4.78, 5) is 8.89. The Bertz CT molecular complexity index is 616. The van der Waals surface area contributed by atoms with Gasteiger partial charge in [0.25, 0.3) is 0 Å². The summed E-state index contributed by atoms with van der Waals surface area (Å²) >= 11 is 0. The van der Waals surface area contributed by atoms with Gasteiger partial charge in [0.15, 0.2) is 11.8 Å². The normalized spacial score (nSPS) is 11.8. The Labute approximate surface area is 144 Å². The van der Waals surface area contributed by atoms with Crippen molar-refractivity contribution in [3.8, 4) is 11.4 Å². The van der Waals surface area contributed by atoms with Crippen molar-refractivity contribution >= 4 is 5.96 Å². The molecule has 0 atom stereocenters. The van der Waals surface area contributed by atoms with Crippen LogP contribution in [0.15, 0.2) is 35.6 Å². The smallest absolute Gasteiger partial charge is 0.191 e. The van der Waals surface area contributed by atoms with E-state index >= 15 is 0 Å². The van der Waals surface area contributed by atoms with Crippen LogP contribution in [0.4, 0.5) is 0 Å². The molecule has 0 bridgehead atoms. The number of aliphatic imine (C=N–C) groups is 1. The number of guanidine groups is 1. The zero-order chi connectivity index (χ0) is 17.2. The molecule has 0 amide bonds. The van der Waals surface area contributed by atoms with Crippen molar-refractivity contribution < 1.29 is 0 Å². The van der Waals surface area contributed by atoms with Crippen molar-refractivity contribution in [1.29, 1.82) is 0 Å². The number of nitrogens with zero attached hydrogens (tertiary/aromatic N) is 3. The van der Waals surface area contributed by atoms with Crippen molar-refractivity contribution in [3.63, 3.8) is 0 Å². The predicted molar refractivity (Wildman–Crippen MR) is 98.7 cm³/mol. The summed E-state index contributed by atoms with van der Waals surface area (Å²) in [6.45, 7) is 8.98. The summed E-state index contributed by atoms with van der Waals surface area (Å²) in [7, 11) is 0. The minimum Gasteiger partial charge on any atom is -0.357 e. The highest BCUT2D eigenvalue weighted by Crippen LogP contribution is 2.15. The number of benzene rings is 1. The lowest BCUT2D eigenvalue weighted by molar-refractivity contribution is 0.481. The topological polar surface area (TPSA) is 78.0 Å².